The predicted octanol–water partition coefficient (Wildman–Crippen LogP) is 8.28. The maximum Gasteiger partial charge on any atom is 0.331 e. The zero-order valence-corrected chi connectivity index (χ0v) is 38.7. The number of rotatable bonds is 18. The number of hydrogen-bond acceptors (Lipinski definition) is 9. The van der Waals surface area contributed by atoms with E-state index in [1.165, 1.54) is 27.8 Å². The van der Waals surface area contributed by atoms with Crippen molar-refractivity contribution in [3.63, 3.8) is 0 Å². The Bertz CT molecular complexity index is 2500. The van der Waals surface area contributed by atoms with Crippen molar-refractivity contribution < 1.29 is 31.5 Å². The van der Waals surface area contributed by atoms with Gasteiger partial charge in [-0.3, -0.25) is 19.1 Å². The van der Waals surface area contributed by atoms with Crippen molar-refractivity contribution in [3.05, 3.63) is 99.0 Å². The Morgan fingerprint density at radius 2 is 1.80 bits per heavy atom. The Kier molecular flexibility index (Phi) is 16.0. The summed E-state index contributed by atoms with van der Waals surface area (Å²) < 4.78 is 74.0. The minimum absolute atomic E-state index is 0.0448. The van der Waals surface area contributed by atoms with Gasteiger partial charge in [0.25, 0.3) is 11.5 Å². The molecule has 2 aromatic heterocycles. The van der Waals surface area contributed by atoms with E-state index in [0.717, 1.165) is 35.3 Å². The molecule has 13 nitrogen and oxygen atoms in total. The van der Waals surface area contributed by atoms with Crippen molar-refractivity contribution in [2.75, 3.05) is 6.54 Å². The Morgan fingerprint density at radius 3 is 2.40 bits per heavy atom. The number of hydrogen-bond donors (Lipinski definition) is 3. The SMILES string of the molecule is C/C=C(/C)N=C(N=C/C(=C\C)c1ccc(C2CC23CCN(C(CC(=C/N)/C=N/C(F)F)C(=O)NC(C)(C)Cn2nc(C(C)(F)F)cc2-c2ccc(=O)n(CS)n2)C3=O)c(F)c1)C(C)CC. The Balaban J connectivity index is 1.41. The number of nitrogens with one attached hydrogen (secondary N) is 1. The van der Waals surface area contributed by atoms with Crippen LogP contribution in [0.4, 0.5) is 22.0 Å². The van der Waals surface area contributed by atoms with Gasteiger partial charge in [0.2, 0.25) is 11.8 Å². The summed E-state index contributed by atoms with van der Waals surface area (Å²) in [5.74, 6) is -4.79. The highest BCUT2D eigenvalue weighted by Gasteiger charge is 2.66. The molecule has 3 N–H and O–H groups in total. The first kappa shape index (κ1) is 50.3. The fourth-order valence-corrected chi connectivity index (χ4v) is 8.03. The summed E-state index contributed by atoms with van der Waals surface area (Å²) in [5.41, 5.74) is 5.25. The topological polar surface area (TPSA) is 165 Å². The highest BCUT2D eigenvalue weighted by molar-refractivity contribution is 7.79. The van der Waals surface area contributed by atoms with Crippen LogP contribution in [0.2, 0.25) is 0 Å². The summed E-state index contributed by atoms with van der Waals surface area (Å²) in [6.07, 6.45) is 8.39. The summed E-state index contributed by atoms with van der Waals surface area (Å²) in [4.78, 5) is 55.0. The van der Waals surface area contributed by atoms with Crippen LogP contribution in [0.1, 0.15) is 104 Å². The quantitative estimate of drug-likeness (QED) is 0.0382. The predicted molar refractivity (Wildman–Crippen MR) is 247 cm³/mol. The minimum atomic E-state index is -3.36. The number of likely N-dealkylation sites (tertiary alicyclic amines) is 1. The van der Waals surface area contributed by atoms with Gasteiger partial charge in [-0.15, -0.1) is 0 Å². The van der Waals surface area contributed by atoms with E-state index < -0.39 is 64.3 Å². The molecule has 1 aliphatic heterocycles. The lowest BCUT2D eigenvalue weighted by molar-refractivity contribution is -0.141. The first-order valence-corrected chi connectivity index (χ1v) is 22.0. The standard InChI is InChI=1S/C46H57F5N10O3S/c1-9-27(4)40(55-28(5)10-2)53-24-30(11-3)31-12-13-32(34(47)19-31)33-21-46(33)16-17-59(42(46)64)37(18-29(22-52)23-54-43(48)49)41(63)56-44(6,7)25-60-36(20-38(58-60)45(8,50)51)35-14-15-39(62)61(26-65)57-35/h10-15,19-20,22-24,27,33,37,43,65H,9,16-18,21,25-26,52H2,1-8H3,(H,56,63)/b28-10-,29-22-,30-11+,53-24?,54-23+,55-40?. The van der Waals surface area contributed by atoms with E-state index >= 15 is 4.39 Å². The molecule has 350 valence electrons. The van der Waals surface area contributed by atoms with Gasteiger partial charge >= 0.3 is 6.55 Å². The van der Waals surface area contributed by atoms with Crippen LogP contribution in [0.3, 0.4) is 0 Å². The molecule has 1 aliphatic carbocycles. The van der Waals surface area contributed by atoms with Crippen molar-refractivity contribution in [2.45, 2.75) is 123 Å². The molecule has 1 aromatic carbocycles. The summed E-state index contributed by atoms with van der Waals surface area (Å²) in [5, 5.41) is 11.3. The van der Waals surface area contributed by atoms with Gasteiger partial charge in [0.05, 0.1) is 29.1 Å². The molecule has 19 heteroatoms. The molecule has 2 amide bonds. The summed E-state index contributed by atoms with van der Waals surface area (Å²) in [6, 6.07) is 7.29. The Labute approximate surface area is 381 Å². The molecule has 1 spiro atoms. The van der Waals surface area contributed by atoms with Crippen LogP contribution < -0.4 is 16.6 Å². The zero-order valence-electron chi connectivity index (χ0n) is 37.8. The molecule has 5 rings (SSSR count). The van der Waals surface area contributed by atoms with Gasteiger partial charge in [0.15, 0.2) is 0 Å². The lowest BCUT2D eigenvalue weighted by atomic mass is 9.95. The molecule has 4 unspecified atom stereocenters. The van der Waals surface area contributed by atoms with E-state index in [-0.39, 0.29) is 48.3 Å². The van der Waals surface area contributed by atoms with Crippen LogP contribution in [0, 0.1) is 17.2 Å². The number of benzene rings is 1. The fourth-order valence-electron chi connectivity index (χ4n) is 7.83. The second kappa shape index (κ2) is 20.6. The number of allylic oxidation sites excluding steroid dienone is 4. The van der Waals surface area contributed by atoms with E-state index in [0.29, 0.717) is 42.3 Å². The molecule has 1 saturated carbocycles. The minimum Gasteiger partial charge on any atom is -0.404 e. The van der Waals surface area contributed by atoms with Crippen molar-refractivity contribution in [3.8, 4) is 11.4 Å². The third kappa shape index (κ3) is 11.8. The number of nitrogens with zero attached hydrogens (tertiary/aromatic N) is 8. The molecule has 0 radical (unpaired) electrons. The van der Waals surface area contributed by atoms with Crippen molar-refractivity contribution >= 4 is 48.3 Å². The number of aromatic nitrogens is 4. The molecule has 4 atom stereocenters. The maximum atomic E-state index is 16.1. The van der Waals surface area contributed by atoms with Gasteiger partial charge in [0, 0.05) is 55.9 Å². The lowest BCUT2D eigenvalue weighted by Gasteiger charge is -2.33. The molecular weight excluding hydrogens is 868 g/mol. The van der Waals surface area contributed by atoms with Crippen LogP contribution in [0.25, 0.3) is 17.0 Å². The number of amides is 2. The molecule has 2 aliphatic rings. The normalized spacial score (nSPS) is 20.0. The molecule has 3 aromatic rings. The van der Waals surface area contributed by atoms with E-state index in [4.69, 9.17) is 5.73 Å². The van der Waals surface area contributed by atoms with E-state index in [9.17, 15) is 31.9 Å². The average molecular weight is 925 g/mol. The van der Waals surface area contributed by atoms with Crippen LogP contribution in [0.5, 0.6) is 0 Å². The summed E-state index contributed by atoms with van der Waals surface area (Å²) in [6.45, 7) is 10.4. The average Bonchev–Trinajstić information content (AvgIpc) is 3.68. The monoisotopic (exact) mass is 924 g/mol. The molecular formula is C46H57F5N10O3S. The van der Waals surface area contributed by atoms with Crippen molar-refractivity contribution in [1.82, 2.24) is 29.8 Å². The molecule has 2 fully saturated rings. The van der Waals surface area contributed by atoms with Gasteiger partial charge in [-0.1, -0.05) is 38.1 Å². The highest BCUT2D eigenvalue weighted by atomic mass is 32.1. The van der Waals surface area contributed by atoms with Crippen LogP contribution >= 0.6 is 12.6 Å². The van der Waals surface area contributed by atoms with Crippen LogP contribution in [-0.2, 0) is 27.9 Å². The molecule has 3 heterocycles. The third-order valence-corrected chi connectivity index (χ3v) is 12.1. The van der Waals surface area contributed by atoms with Crippen LogP contribution in [-0.4, -0.2) is 79.2 Å². The van der Waals surface area contributed by atoms with E-state index in [1.54, 1.807) is 32.2 Å². The van der Waals surface area contributed by atoms with Gasteiger partial charge < -0.3 is 16.0 Å². The Hall–Kier alpha value is -5.72. The number of aliphatic imine (C=N–C) groups is 3. The zero-order chi connectivity index (χ0) is 48.0. The number of thiol groups is 1. The molecule has 1 saturated heterocycles. The number of carbonyl (C=O) groups is 2. The number of amidine groups is 1. The number of alkyl halides is 4. The molecule has 65 heavy (non-hydrogen) atoms. The number of nitrogens with two attached hydrogens (primary N) is 1. The Morgan fingerprint density at radius 1 is 1.08 bits per heavy atom. The first-order valence-electron chi connectivity index (χ1n) is 21.3. The summed E-state index contributed by atoms with van der Waals surface area (Å²) >= 11 is 4.12. The largest absolute Gasteiger partial charge is 0.404 e. The van der Waals surface area contributed by atoms with Gasteiger partial charge in [-0.2, -0.15) is 40.4 Å². The number of halogens is 5. The number of carbonyl (C=O) groups excluding carboxylic acids is 2. The second-order valence-electron chi connectivity index (χ2n) is 17.2. The lowest BCUT2D eigenvalue weighted by Crippen LogP contribution is -2.55. The van der Waals surface area contributed by atoms with E-state index in [2.05, 4.69) is 43.1 Å². The first-order chi connectivity index (χ1) is 30.6. The molecule has 0 bridgehead atoms. The van der Waals surface area contributed by atoms with Crippen molar-refractivity contribution in [1.29, 1.82) is 0 Å². The fraction of sp³-hybridized carbons (Fsp3) is 0.478. The smallest absolute Gasteiger partial charge is 0.331 e. The van der Waals surface area contributed by atoms with Gasteiger partial charge in [-0.25, -0.2) is 24.0 Å². The maximum absolute atomic E-state index is 16.1. The summed E-state index contributed by atoms with van der Waals surface area (Å²) in [7, 11) is 0. The van der Waals surface area contributed by atoms with Crippen molar-refractivity contribution in [2.24, 2.45) is 32.0 Å². The third-order valence-electron chi connectivity index (χ3n) is 11.9. The second-order valence-corrected chi connectivity index (χ2v) is 17.4. The van der Waals surface area contributed by atoms with Gasteiger partial charge in [-0.05, 0) is 101 Å². The van der Waals surface area contributed by atoms with E-state index in [1.807, 2.05) is 46.8 Å². The van der Waals surface area contributed by atoms with Gasteiger partial charge in [0.1, 0.15) is 29.1 Å². The van der Waals surface area contributed by atoms with Crippen LogP contribution in [0.15, 0.2) is 85.8 Å². The highest BCUT2D eigenvalue weighted by Crippen LogP contribution is 2.65.